The van der Waals surface area contributed by atoms with Gasteiger partial charge in [-0.15, -0.1) is 0 Å². The smallest absolute Gasteiger partial charge is 0.350 e. The van der Waals surface area contributed by atoms with Crippen LogP contribution in [0.15, 0.2) is 16.9 Å². The molecule has 0 aliphatic rings. The third kappa shape index (κ3) is 2.43. The van der Waals surface area contributed by atoms with Gasteiger partial charge in [-0.25, -0.2) is 4.79 Å². The van der Waals surface area contributed by atoms with Crippen LogP contribution >= 0.6 is 0 Å². The highest BCUT2D eigenvalue weighted by atomic mass is 16.5. The molecule has 1 rings (SSSR count). The lowest BCUT2D eigenvalue weighted by Crippen LogP contribution is -2.24. The van der Waals surface area contributed by atoms with E-state index in [1.165, 1.54) is 12.1 Å². The fraction of sp³-hybridized carbons (Fsp3) is 0.222. The van der Waals surface area contributed by atoms with E-state index in [-0.39, 0.29) is 12.0 Å². The topological polar surface area (TPSA) is 96.5 Å². The zero-order chi connectivity index (χ0) is 11.4. The van der Waals surface area contributed by atoms with Gasteiger partial charge in [0.2, 0.25) is 6.10 Å². The molecule has 80 valence electrons. The SMILES string of the molecule is Cc1ccc(C(OC=O)C(=O)O)c(=O)[nH]1. The van der Waals surface area contributed by atoms with Crippen molar-refractivity contribution in [2.75, 3.05) is 0 Å². The lowest BCUT2D eigenvalue weighted by atomic mass is 10.1. The van der Waals surface area contributed by atoms with Gasteiger partial charge in [0.15, 0.2) is 0 Å². The van der Waals surface area contributed by atoms with Crippen molar-refractivity contribution >= 4 is 12.4 Å². The van der Waals surface area contributed by atoms with Crippen LogP contribution in [-0.2, 0) is 14.3 Å². The molecule has 6 nitrogen and oxygen atoms in total. The number of nitrogens with one attached hydrogen (secondary N) is 1. The average Bonchev–Trinajstić information content (AvgIpc) is 2.15. The van der Waals surface area contributed by atoms with Crippen molar-refractivity contribution in [3.8, 4) is 0 Å². The number of carbonyl (C=O) groups excluding carboxylic acids is 1. The van der Waals surface area contributed by atoms with Crippen molar-refractivity contribution < 1.29 is 19.4 Å². The largest absolute Gasteiger partial charge is 0.478 e. The number of carbonyl (C=O) groups is 2. The summed E-state index contributed by atoms with van der Waals surface area (Å²) in [6.45, 7) is 1.65. The molecule has 15 heavy (non-hydrogen) atoms. The number of carboxylic acids is 1. The zero-order valence-corrected chi connectivity index (χ0v) is 7.89. The predicted molar refractivity (Wildman–Crippen MR) is 49.3 cm³/mol. The fourth-order valence-electron chi connectivity index (χ4n) is 1.11. The van der Waals surface area contributed by atoms with Gasteiger partial charge in [0.05, 0.1) is 5.56 Å². The number of aromatic nitrogens is 1. The van der Waals surface area contributed by atoms with E-state index < -0.39 is 17.6 Å². The molecule has 0 fully saturated rings. The van der Waals surface area contributed by atoms with Gasteiger partial charge < -0.3 is 14.8 Å². The van der Waals surface area contributed by atoms with Gasteiger partial charge in [0, 0.05) is 5.69 Å². The van der Waals surface area contributed by atoms with Gasteiger partial charge in [0.1, 0.15) is 0 Å². The maximum absolute atomic E-state index is 11.3. The molecule has 1 atom stereocenters. The van der Waals surface area contributed by atoms with Gasteiger partial charge in [-0.05, 0) is 19.1 Å². The van der Waals surface area contributed by atoms with Crippen molar-refractivity contribution in [2.45, 2.75) is 13.0 Å². The molecule has 0 bridgehead atoms. The molecule has 0 aromatic carbocycles. The summed E-state index contributed by atoms with van der Waals surface area (Å²) in [5.74, 6) is -1.39. The van der Waals surface area contributed by atoms with Gasteiger partial charge in [0.25, 0.3) is 12.0 Å². The second-order valence-corrected chi connectivity index (χ2v) is 2.88. The first-order valence-electron chi connectivity index (χ1n) is 4.08. The number of aryl methyl sites for hydroxylation is 1. The van der Waals surface area contributed by atoms with Crippen LogP contribution in [0.1, 0.15) is 17.4 Å². The third-order valence-electron chi connectivity index (χ3n) is 1.78. The normalized spacial score (nSPS) is 11.8. The monoisotopic (exact) mass is 211 g/mol. The number of hydrogen-bond acceptors (Lipinski definition) is 4. The number of hydrogen-bond donors (Lipinski definition) is 2. The highest BCUT2D eigenvalue weighted by Crippen LogP contribution is 2.12. The van der Waals surface area contributed by atoms with Gasteiger partial charge in [-0.3, -0.25) is 9.59 Å². The van der Waals surface area contributed by atoms with Crippen LogP contribution in [0.25, 0.3) is 0 Å². The Kier molecular flexibility index (Phi) is 3.22. The Morgan fingerprint density at radius 2 is 2.27 bits per heavy atom. The Bertz CT molecular complexity index is 436. The molecule has 1 heterocycles. The van der Waals surface area contributed by atoms with E-state index in [0.29, 0.717) is 5.69 Å². The van der Waals surface area contributed by atoms with Crippen molar-refractivity contribution in [1.29, 1.82) is 0 Å². The van der Waals surface area contributed by atoms with Crippen LogP contribution in [0.5, 0.6) is 0 Å². The van der Waals surface area contributed by atoms with Crippen LogP contribution in [0.4, 0.5) is 0 Å². The minimum Gasteiger partial charge on any atom is -0.478 e. The highest BCUT2D eigenvalue weighted by molar-refractivity contribution is 5.75. The quantitative estimate of drug-likeness (QED) is 0.682. The number of H-pyrrole nitrogens is 1. The molecule has 1 aromatic rings. The predicted octanol–water partition coefficient (Wildman–Crippen LogP) is -0.0180. The molecule has 2 N–H and O–H groups in total. The number of aromatic amines is 1. The van der Waals surface area contributed by atoms with Crippen molar-refractivity contribution in [1.82, 2.24) is 4.98 Å². The molecular weight excluding hydrogens is 202 g/mol. The molecule has 0 aliphatic heterocycles. The number of rotatable bonds is 4. The summed E-state index contributed by atoms with van der Waals surface area (Å²) >= 11 is 0. The molecule has 0 spiro atoms. The minimum absolute atomic E-state index is 0.00190. The maximum atomic E-state index is 11.3. The van der Waals surface area contributed by atoms with E-state index in [1.807, 2.05) is 0 Å². The summed E-state index contributed by atoms with van der Waals surface area (Å²) in [4.78, 5) is 34.5. The molecule has 0 saturated heterocycles. The van der Waals surface area contributed by atoms with Crippen molar-refractivity contribution in [3.63, 3.8) is 0 Å². The fourth-order valence-corrected chi connectivity index (χ4v) is 1.11. The van der Waals surface area contributed by atoms with E-state index in [1.54, 1.807) is 6.92 Å². The Balaban J connectivity index is 3.17. The van der Waals surface area contributed by atoms with E-state index in [2.05, 4.69) is 9.72 Å². The number of ether oxygens (including phenoxy) is 1. The van der Waals surface area contributed by atoms with E-state index >= 15 is 0 Å². The van der Waals surface area contributed by atoms with Crippen LogP contribution in [0.2, 0.25) is 0 Å². The molecule has 1 aromatic heterocycles. The lowest BCUT2D eigenvalue weighted by Gasteiger charge is -2.09. The molecule has 0 amide bonds. The van der Waals surface area contributed by atoms with Crippen molar-refractivity contribution in [2.24, 2.45) is 0 Å². The molecule has 0 saturated carbocycles. The van der Waals surface area contributed by atoms with Gasteiger partial charge >= 0.3 is 5.97 Å². The van der Waals surface area contributed by atoms with Crippen LogP contribution in [-0.4, -0.2) is 22.5 Å². The maximum Gasteiger partial charge on any atom is 0.350 e. The van der Waals surface area contributed by atoms with E-state index in [0.717, 1.165) is 0 Å². The molecule has 1 unspecified atom stereocenters. The first kappa shape index (κ1) is 11.0. The summed E-state index contributed by atoms with van der Waals surface area (Å²) in [6.07, 6.45) is -1.56. The van der Waals surface area contributed by atoms with Crippen LogP contribution in [0.3, 0.4) is 0 Å². The standard InChI is InChI=1S/C9H9NO5/c1-5-2-3-6(8(12)10-5)7(9(13)14)15-4-11/h2-4,7H,1H3,(H,10,12)(H,13,14). The minimum atomic E-state index is -1.56. The van der Waals surface area contributed by atoms with Crippen molar-refractivity contribution in [3.05, 3.63) is 33.7 Å². The van der Waals surface area contributed by atoms with E-state index in [4.69, 9.17) is 5.11 Å². The Hall–Kier alpha value is -2.11. The van der Waals surface area contributed by atoms with Crippen LogP contribution in [0, 0.1) is 6.92 Å². The van der Waals surface area contributed by atoms with E-state index in [9.17, 15) is 14.4 Å². The summed E-state index contributed by atoms with van der Waals surface area (Å²) in [5.41, 5.74) is -0.0940. The van der Waals surface area contributed by atoms with Gasteiger partial charge in [-0.1, -0.05) is 0 Å². The molecule has 6 heteroatoms. The second kappa shape index (κ2) is 4.41. The Labute approximate surface area is 84.5 Å². The number of aliphatic carboxylic acids is 1. The molecule has 0 aliphatic carbocycles. The first-order valence-corrected chi connectivity index (χ1v) is 4.08. The summed E-state index contributed by atoms with van der Waals surface area (Å²) < 4.78 is 4.31. The summed E-state index contributed by atoms with van der Waals surface area (Å²) in [7, 11) is 0. The second-order valence-electron chi connectivity index (χ2n) is 2.88. The Morgan fingerprint density at radius 3 is 2.73 bits per heavy atom. The summed E-state index contributed by atoms with van der Waals surface area (Å²) in [5, 5.41) is 8.71. The number of pyridine rings is 1. The molecule has 0 radical (unpaired) electrons. The first-order chi connectivity index (χ1) is 7.06. The highest BCUT2D eigenvalue weighted by Gasteiger charge is 2.23. The van der Waals surface area contributed by atoms with Crippen LogP contribution < -0.4 is 5.56 Å². The summed E-state index contributed by atoms with van der Waals surface area (Å²) in [6, 6.07) is 2.84. The third-order valence-corrected chi connectivity index (χ3v) is 1.78. The lowest BCUT2D eigenvalue weighted by molar-refractivity contribution is -0.157. The number of carboxylic acid groups (broad SMARTS) is 1. The Morgan fingerprint density at radius 1 is 1.60 bits per heavy atom. The average molecular weight is 211 g/mol. The van der Waals surface area contributed by atoms with Gasteiger partial charge in [-0.2, -0.15) is 0 Å². The molecular formula is C9H9NO5. The zero-order valence-electron chi connectivity index (χ0n) is 7.89.